The lowest BCUT2D eigenvalue weighted by molar-refractivity contribution is -0.137. The Morgan fingerprint density at radius 3 is 2.52 bits per heavy atom. The molecular weight excluding hydrogens is 375 g/mol. The van der Waals surface area contributed by atoms with E-state index in [0.717, 1.165) is 18.2 Å². The maximum absolute atomic E-state index is 13.2. The third-order valence-electron chi connectivity index (χ3n) is 3.99. The van der Waals surface area contributed by atoms with Gasteiger partial charge in [-0.05, 0) is 31.0 Å². The van der Waals surface area contributed by atoms with Crippen molar-refractivity contribution in [3.05, 3.63) is 29.0 Å². The van der Waals surface area contributed by atoms with Crippen molar-refractivity contribution < 1.29 is 27.5 Å². The number of hydrogen-bond acceptors (Lipinski definition) is 4. The Morgan fingerprint density at radius 2 is 1.96 bits per heavy atom. The van der Waals surface area contributed by atoms with Gasteiger partial charge in [0.1, 0.15) is 5.82 Å². The Morgan fingerprint density at radius 1 is 1.32 bits per heavy atom. The molecule has 1 amide bonds. The number of benzene rings is 1. The second-order valence-electron chi connectivity index (χ2n) is 5.69. The Labute approximate surface area is 149 Å². The van der Waals surface area contributed by atoms with Gasteiger partial charge in [-0.1, -0.05) is 11.6 Å². The molecule has 2 N–H and O–H groups in total. The van der Waals surface area contributed by atoms with Crippen molar-refractivity contribution >= 4 is 33.5 Å². The predicted molar refractivity (Wildman–Crippen MR) is 88.2 cm³/mol. The molecule has 0 bridgehead atoms. The lowest BCUT2D eigenvalue weighted by Crippen LogP contribution is -2.43. The zero-order valence-electron chi connectivity index (χ0n) is 13.2. The molecule has 10 heteroatoms. The fourth-order valence-corrected chi connectivity index (χ4v) is 4.32. The van der Waals surface area contributed by atoms with Crippen LogP contribution >= 0.6 is 11.6 Å². The summed E-state index contributed by atoms with van der Waals surface area (Å²) in [6.07, 6.45) is 0.490. The number of carbonyl (C=O) groups is 2. The Hall–Kier alpha value is -1.71. The highest BCUT2D eigenvalue weighted by molar-refractivity contribution is 7.89. The zero-order valence-corrected chi connectivity index (χ0v) is 14.8. The minimum atomic E-state index is -3.81. The summed E-state index contributed by atoms with van der Waals surface area (Å²) in [6.45, 7) is 0.337. The molecule has 138 valence electrons. The van der Waals surface area contributed by atoms with Gasteiger partial charge in [-0.15, -0.1) is 0 Å². The number of aliphatic carboxylic acids is 1. The molecule has 0 spiro atoms. The van der Waals surface area contributed by atoms with Crippen LogP contribution in [0.2, 0.25) is 5.02 Å². The number of amides is 1. The van der Waals surface area contributed by atoms with Gasteiger partial charge in [-0.3, -0.25) is 9.59 Å². The normalized spacial score (nSPS) is 16.6. The Kier molecular flexibility index (Phi) is 6.36. The molecule has 0 radical (unpaired) electrons. The van der Waals surface area contributed by atoms with Crippen LogP contribution < -0.4 is 5.32 Å². The average Bonchev–Trinajstić information content (AvgIpc) is 2.57. The van der Waals surface area contributed by atoms with Gasteiger partial charge in [-0.2, -0.15) is 4.31 Å². The van der Waals surface area contributed by atoms with Crippen molar-refractivity contribution in [3.8, 4) is 0 Å². The molecule has 25 heavy (non-hydrogen) atoms. The molecule has 2 rings (SSSR count). The van der Waals surface area contributed by atoms with Gasteiger partial charge in [0.2, 0.25) is 15.9 Å². The highest BCUT2D eigenvalue weighted by Gasteiger charge is 2.32. The van der Waals surface area contributed by atoms with E-state index in [1.165, 1.54) is 4.31 Å². The molecule has 0 saturated carbocycles. The summed E-state index contributed by atoms with van der Waals surface area (Å²) in [5.41, 5.74) is 0. The molecule has 1 aliphatic rings. The molecular formula is C15H18ClFN2O5S. The van der Waals surface area contributed by atoms with Crippen molar-refractivity contribution in [1.29, 1.82) is 0 Å². The molecule has 1 aromatic carbocycles. The second kappa shape index (κ2) is 8.11. The first kappa shape index (κ1) is 19.6. The van der Waals surface area contributed by atoms with E-state index in [9.17, 15) is 22.4 Å². The molecule has 1 aromatic rings. The number of nitrogens with one attached hydrogen (secondary N) is 1. The number of sulfonamides is 1. The first-order valence-corrected chi connectivity index (χ1v) is 9.48. The quantitative estimate of drug-likeness (QED) is 0.763. The molecule has 1 saturated heterocycles. The third-order valence-corrected chi connectivity index (χ3v) is 6.18. The van der Waals surface area contributed by atoms with Gasteiger partial charge < -0.3 is 10.4 Å². The van der Waals surface area contributed by atoms with Crippen molar-refractivity contribution in [2.75, 3.05) is 19.6 Å². The molecule has 7 nitrogen and oxygen atoms in total. The number of rotatable bonds is 6. The van der Waals surface area contributed by atoms with Gasteiger partial charge in [0.05, 0.1) is 16.3 Å². The Balaban J connectivity index is 1.95. The summed E-state index contributed by atoms with van der Waals surface area (Å²) in [5, 5.41) is 10.8. The highest BCUT2D eigenvalue weighted by Crippen LogP contribution is 2.26. The molecule has 0 atom stereocenters. The zero-order chi connectivity index (χ0) is 18.6. The van der Waals surface area contributed by atoms with Crippen LogP contribution in [0.1, 0.15) is 19.3 Å². The number of carboxylic acids is 1. The Bertz CT molecular complexity index is 763. The van der Waals surface area contributed by atoms with Crippen molar-refractivity contribution in [3.63, 3.8) is 0 Å². The van der Waals surface area contributed by atoms with Crippen LogP contribution in [-0.2, 0) is 19.6 Å². The minimum Gasteiger partial charge on any atom is -0.481 e. The third kappa shape index (κ3) is 4.90. The molecule has 0 aromatic heterocycles. The summed E-state index contributed by atoms with van der Waals surface area (Å²) in [7, 11) is -3.81. The number of nitrogens with zero attached hydrogens (tertiary/aromatic N) is 1. The van der Waals surface area contributed by atoms with Crippen LogP contribution in [0.15, 0.2) is 23.1 Å². The van der Waals surface area contributed by atoms with Crippen LogP contribution in [0.25, 0.3) is 0 Å². The average molecular weight is 393 g/mol. The molecule has 0 aliphatic carbocycles. The SMILES string of the molecule is O=C(O)CCNC(=O)C1CCN(S(=O)(=O)c2ccc(F)c(Cl)c2)CC1. The lowest BCUT2D eigenvalue weighted by atomic mass is 9.97. The van der Waals surface area contributed by atoms with Crippen LogP contribution in [0.5, 0.6) is 0 Å². The fraction of sp³-hybridized carbons (Fsp3) is 0.467. The first-order chi connectivity index (χ1) is 11.7. The number of hydrogen-bond donors (Lipinski definition) is 2. The number of carboxylic acid groups (broad SMARTS) is 1. The first-order valence-electron chi connectivity index (χ1n) is 7.66. The van der Waals surface area contributed by atoms with Crippen molar-refractivity contribution in [2.24, 2.45) is 5.92 Å². The van der Waals surface area contributed by atoms with Gasteiger partial charge in [0, 0.05) is 25.6 Å². The van der Waals surface area contributed by atoms with Gasteiger partial charge in [0.25, 0.3) is 0 Å². The standard InChI is InChI=1S/C15H18ClFN2O5S/c16-12-9-11(1-2-13(12)17)25(23,24)19-7-4-10(5-8-19)15(22)18-6-3-14(20)21/h1-2,9-10H,3-8H2,(H,18,22)(H,20,21). The smallest absolute Gasteiger partial charge is 0.305 e. The summed E-state index contributed by atoms with van der Waals surface area (Å²) >= 11 is 5.64. The molecule has 1 fully saturated rings. The second-order valence-corrected chi connectivity index (χ2v) is 8.03. The minimum absolute atomic E-state index is 0.0424. The number of carbonyl (C=O) groups excluding carboxylic acids is 1. The maximum atomic E-state index is 13.2. The van der Waals surface area contributed by atoms with E-state index in [0.29, 0.717) is 12.8 Å². The van der Waals surface area contributed by atoms with E-state index < -0.39 is 21.8 Å². The summed E-state index contributed by atoms with van der Waals surface area (Å²) in [5.74, 6) is -2.34. The van der Waals surface area contributed by atoms with Crippen LogP contribution in [0, 0.1) is 11.7 Å². The topological polar surface area (TPSA) is 104 Å². The van der Waals surface area contributed by atoms with Crippen molar-refractivity contribution in [1.82, 2.24) is 9.62 Å². The molecule has 1 aliphatic heterocycles. The van der Waals surface area contributed by atoms with E-state index in [1.54, 1.807) is 0 Å². The molecule has 0 unspecified atom stereocenters. The van der Waals surface area contributed by atoms with Crippen LogP contribution in [0.3, 0.4) is 0 Å². The maximum Gasteiger partial charge on any atom is 0.305 e. The fourth-order valence-electron chi connectivity index (χ4n) is 2.58. The monoisotopic (exact) mass is 392 g/mol. The molecule has 1 heterocycles. The van der Waals surface area contributed by atoms with Crippen molar-refractivity contribution in [2.45, 2.75) is 24.2 Å². The number of piperidine rings is 1. The summed E-state index contributed by atoms with van der Waals surface area (Å²) in [6, 6.07) is 3.22. The highest BCUT2D eigenvalue weighted by atomic mass is 35.5. The lowest BCUT2D eigenvalue weighted by Gasteiger charge is -2.30. The largest absolute Gasteiger partial charge is 0.481 e. The van der Waals surface area contributed by atoms with E-state index in [1.807, 2.05) is 0 Å². The predicted octanol–water partition coefficient (Wildman–Crippen LogP) is 1.47. The van der Waals surface area contributed by atoms with E-state index in [-0.39, 0.29) is 47.8 Å². The number of halogens is 2. The summed E-state index contributed by atoms with van der Waals surface area (Å²) < 4.78 is 39.5. The van der Waals surface area contributed by atoms with Crippen LogP contribution in [-0.4, -0.2) is 49.3 Å². The van der Waals surface area contributed by atoms with Gasteiger partial charge in [0.15, 0.2) is 0 Å². The van der Waals surface area contributed by atoms with Gasteiger partial charge >= 0.3 is 5.97 Å². The summed E-state index contributed by atoms with van der Waals surface area (Å²) in [4.78, 5) is 22.3. The van der Waals surface area contributed by atoms with E-state index in [4.69, 9.17) is 16.7 Å². The van der Waals surface area contributed by atoms with E-state index in [2.05, 4.69) is 5.32 Å². The van der Waals surface area contributed by atoms with E-state index >= 15 is 0 Å². The van der Waals surface area contributed by atoms with Gasteiger partial charge in [-0.25, -0.2) is 12.8 Å². The van der Waals surface area contributed by atoms with Crippen LogP contribution in [0.4, 0.5) is 4.39 Å².